The first-order valence-electron chi connectivity index (χ1n) is 5.18. The third-order valence-electron chi connectivity index (χ3n) is 2.12. The minimum absolute atomic E-state index is 0.0509. The molecule has 1 aromatic rings. The zero-order chi connectivity index (χ0) is 13.1. The molecule has 0 aliphatic heterocycles. The van der Waals surface area contributed by atoms with Crippen molar-refractivity contribution in [3.8, 4) is 5.75 Å². The van der Waals surface area contributed by atoms with Crippen LogP contribution in [0.5, 0.6) is 5.75 Å². The van der Waals surface area contributed by atoms with Gasteiger partial charge in [0.05, 0.1) is 12.0 Å². The molecular weight excluding hydrogens is 222 g/mol. The van der Waals surface area contributed by atoms with Gasteiger partial charge in [0.15, 0.2) is 5.75 Å². The highest BCUT2D eigenvalue weighted by atomic mass is 16.6. The quantitative estimate of drug-likeness (QED) is 0.603. The number of rotatable bonds is 5. The standard InChI is InChI=1S/C11H17N3O3/c1-11(2,12)7-13-8-4-5-9(14(15)16)10(6-8)17-3/h4-6,13H,7,12H2,1-3H3. The Bertz CT molecular complexity index is 413. The van der Waals surface area contributed by atoms with Crippen LogP contribution in [0.4, 0.5) is 11.4 Å². The summed E-state index contributed by atoms with van der Waals surface area (Å²) in [6.45, 7) is 4.35. The first kappa shape index (κ1) is 13.2. The maximum atomic E-state index is 10.7. The summed E-state index contributed by atoms with van der Waals surface area (Å²) in [5, 5.41) is 13.8. The van der Waals surface area contributed by atoms with Crippen LogP contribution in [-0.4, -0.2) is 24.1 Å². The number of nitrogens with two attached hydrogens (primary N) is 1. The number of methoxy groups -OCH3 is 1. The van der Waals surface area contributed by atoms with E-state index in [1.165, 1.54) is 13.2 Å². The summed E-state index contributed by atoms with van der Waals surface area (Å²) in [5.74, 6) is 0.231. The number of nitrogens with zero attached hydrogens (tertiary/aromatic N) is 1. The summed E-state index contributed by atoms with van der Waals surface area (Å²) in [6.07, 6.45) is 0. The summed E-state index contributed by atoms with van der Waals surface area (Å²) in [4.78, 5) is 10.2. The molecule has 6 heteroatoms. The summed E-state index contributed by atoms with van der Waals surface area (Å²) in [6, 6.07) is 4.63. The van der Waals surface area contributed by atoms with Gasteiger partial charge in [0.1, 0.15) is 0 Å². The second-order valence-corrected chi connectivity index (χ2v) is 4.49. The van der Waals surface area contributed by atoms with Crippen LogP contribution >= 0.6 is 0 Å². The molecule has 1 aromatic carbocycles. The minimum atomic E-state index is -0.477. The molecule has 0 fully saturated rings. The largest absolute Gasteiger partial charge is 0.490 e. The predicted molar refractivity (Wildman–Crippen MR) is 66.4 cm³/mol. The number of anilines is 1. The van der Waals surface area contributed by atoms with Crippen LogP contribution in [0.2, 0.25) is 0 Å². The van der Waals surface area contributed by atoms with E-state index in [1.54, 1.807) is 12.1 Å². The number of hydrogen-bond donors (Lipinski definition) is 2. The maximum Gasteiger partial charge on any atom is 0.311 e. The van der Waals surface area contributed by atoms with E-state index in [2.05, 4.69) is 5.32 Å². The Morgan fingerprint density at radius 3 is 2.65 bits per heavy atom. The Kier molecular flexibility index (Phi) is 3.90. The summed E-state index contributed by atoms with van der Waals surface area (Å²) in [5.41, 5.74) is 6.17. The van der Waals surface area contributed by atoms with Crippen LogP contribution in [0.25, 0.3) is 0 Å². The molecule has 0 heterocycles. The molecule has 0 aromatic heterocycles. The van der Waals surface area contributed by atoms with Crippen LogP contribution < -0.4 is 15.8 Å². The lowest BCUT2D eigenvalue weighted by atomic mass is 10.1. The molecule has 0 aliphatic rings. The Labute approximate surface area is 99.9 Å². The monoisotopic (exact) mass is 239 g/mol. The highest BCUT2D eigenvalue weighted by molar-refractivity contribution is 5.58. The van der Waals surface area contributed by atoms with Crippen molar-refractivity contribution in [2.45, 2.75) is 19.4 Å². The number of nitrogens with one attached hydrogen (secondary N) is 1. The fourth-order valence-electron chi connectivity index (χ4n) is 1.27. The number of hydrogen-bond acceptors (Lipinski definition) is 5. The fourth-order valence-corrected chi connectivity index (χ4v) is 1.27. The SMILES string of the molecule is COc1cc(NCC(C)(C)N)ccc1[N+](=O)[O-]. The molecule has 3 N–H and O–H groups in total. The highest BCUT2D eigenvalue weighted by Gasteiger charge is 2.15. The van der Waals surface area contributed by atoms with Gasteiger partial charge in [-0.05, 0) is 19.9 Å². The zero-order valence-corrected chi connectivity index (χ0v) is 10.2. The van der Waals surface area contributed by atoms with Crippen LogP contribution in [-0.2, 0) is 0 Å². The highest BCUT2D eigenvalue weighted by Crippen LogP contribution is 2.29. The van der Waals surface area contributed by atoms with Gasteiger partial charge in [0.2, 0.25) is 0 Å². The van der Waals surface area contributed by atoms with E-state index in [0.29, 0.717) is 6.54 Å². The first-order chi connectivity index (χ1) is 7.83. The molecule has 0 spiro atoms. The molecule has 17 heavy (non-hydrogen) atoms. The van der Waals surface area contributed by atoms with Crippen LogP contribution in [0.15, 0.2) is 18.2 Å². The Balaban J connectivity index is 2.87. The number of ether oxygens (including phenoxy) is 1. The van der Waals surface area contributed by atoms with Crippen molar-refractivity contribution < 1.29 is 9.66 Å². The second kappa shape index (κ2) is 5.01. The average molecular weight is 239 g/mol. The molecule has 1 rings (SSSR count). The summed E-state index contributed by atoms with van der Waals surface area (Å²) >= 11 is 0. The second-order valence-electron chi connectivity index (χ2n) is 4.49. The van der Waals surface area contributed by atoms with E-state index in [0.717, 1.165) is 5.69 Å². The van der Waals surface area contributed by atoms with Gasteiger partial charge in [-0.15, -0.1) is 0 Å². The van der Waals surface area contributed by atoms with Gasteiger partial charge >= 0.3 is 5.69 Å². The van der Waals surface area contributed by atoms with E-state index >= 15 is 0 Å². The summed E-state index contributed by atoms with van der Waals surface area (Å²) in [7, 11) is 1.40. The van der Waals surface area contributed by atoms with Crippen molar-refractivity contribution >= 4 is 11.4 Å². The zero-order valence-electron chi connectivity index (χ0n) is 10.2. The lowest BCUT2D eigenvalue weighted by Crippen LogP contribution is -2.39. The minimum Gasteiger partial charge on any atom is -0.490 e. The van der Waals surface area contributed by atoms with Gasteiger partial charge in [0.25, 0.3) is 0 Å². The number of nitro benzene ring substituents is 1. The lowest BCUT2D eigenvalue weighted by Gasteiger charge is -2.19. The Hall–Kier alpha value is -1.82. The van der Waals surface area contributed by atoms with Gasteiger partial charge < -0.3 is 15.8 Å². The van der Waals surface area contributed by atoms with Crippen molar-refractivity contribution in [1.29, 1.82) is 0 Å². The lowest BCUT2D eigenvalue weighted by molar-refractivity contribution is -0.385. The van der Waals surface area contributed by atoms with Gasteiger partial charge in [-0.2, -0.15) is 0 Å². The molecule has 0 saturated heterocycles. The van der Waals surface area contributed by atoms with E-state index in [-0.39, 0.29) is 17.0 Å². The number of benzene rings is 1. The molecule has 0 aliphatic carbocycles. The molecule has 0 radical (unpaired) electrons. The van der Waals surface area contributed by atoms with Crippen LogP contribution in [0, 0.1) is 10.1 Å². The third kappa shape index (κ3) is 3.92. The topological polar surface area (TPSA) is 90.4 Å². The van der Waals surface area contributed by atoms with Gasteiger partial charge in [-0.1, -0.05) is 0 Å². The van der Waals surface area contributed by atoms with Crippen molar-refractivity contribution in [1.82, 2.24) is 0 Å². The van der Waals surface area contributed by atoms with Crippen molar-refractivity contribution in [2.24, 2.45) is 5.73 Å². The molecular formula is C11H17N3O3. The third-order valence-corrected chi connectivity index (χ3v) is 2.12. The fraction of sp³-hybridized carbons (Fsp3) is 0.455. The van der Waals surface area contributed by atoms with Gasteiger partial charge in [-0.25, -0.2) is 0 Å². The molecule has 6 nitrogen and oxygen atoms in total. The Morgan fingerprint density at radius 2 is 2.18 bits per heavy atom. The van der Waals surface area contributed by atoms with Crippen LogP contribution in [0.3, 0.4) is 0 Å². The average Bonchev–Trinajstić information content (AvgIpc) is 2.24. The number of nitro groups is 1. The maximum absolute atomic E-state index is 10.7. The molecule has 0 unspecified atom stereocenters. The van der Waals surface area contributed by atoms with E-state index < -0.39 is 4.92 Å². The molecule has 94 valence electrons. The van der Waals surface area contributed by atoms with Gasteiger partial charge in [0, 0.05) is 29.9 Å². The Morgan fingerprint density at radius 1 is 1.53 bits per heavy atom. The van der Waals surface area contributed by atoms with Crippen molar-refractivity contribution in [3.05, 3.63) is 28.3 Å². The van der Waals surface area contributed by atoms with Crippen molar-refractivity contribution in [2.75, 3.05) is 19.0 Å². The molecule has 0 atom stereocenters. The van der Waals surface area contributed by atoms with E-state index in [9.17, 15) is 10.1 Å². The van der Waals surface area contributed by atoms with Gasteiger partial charge in [-0.3, -0.25) is 10.1 Å². The van der Waals surface area contributed by atoms with E-state index in [1.807, 2.05) is 13.8 Å². The molecule has 0 saturated carbocycles. The van der Waals surface area contributed by atoms with E-state index in [4.69, 9.17) is 10.5 Å². The summed E-state index contributed by atoms with van der Waals surface area (Å²) < 4.78 is 4.97. The first-order valence-corrected chi connectivity index (χ1v) is 5.18. The normalized spacial score (nSPS) is 11.1. The molecule has 0 bridgehead atoms. The molecule has 0 amide bonds. The predicted octanol–water partition coefficient (Wildman–Crippen LogP) is 1.75. The smallest absolute Gasteiger partial charge is 0.311 e. The van der Waals surface area contributed by atoms with Crippen molar-refractivity contribution in [3.63, 3.8) is 0 Å². The van der Waals surface area contributed by atoms with Crippen LogP contribution in [0.1, 0.15) is 13.8 Å².